The maximum absolute atomic E-state index is 12.4. The second-order valence-corrected chi connectivity index (χ2v) is 5.10. The van der Waals surface area contributed by atoms with Crippen molar-refractivity contribution in [3.8, 4) is 17.2 Å². The molecule has 1 atom stereocenters. The number of carbonyl (C=O) groups is 1. The van der Waals surface area contributed by atoms with Crippen molar-refractivity contribution >= 4 is 11.6 Å². The Morgan fingerprint density at radius 1 is 1.00 bits per heavy atom. The summed E-state index contributed by atoms with van der Waals surface area (Å²) in [5.41, 5.74) is 1.65. The van der Waals surface area contributed by atoms with Gasteiger partial charge >= 0.3 is 0 Å². The summed E-state index contributed by atoms with van der Waals surface area (Å²) in [5.74, 6) is 1.45. The fraction of sp³-hybridized carbons (Fsp3) is 0.278. The summed E-state index contributed by atoms with van der Waals surface area (Å²) in [6.45, 7) is 3.63. The highest BCUT2D eigenvalue weighted by molar-refractivity contribution is 5.95. The van der Waals surface area contributed by atoms with Gasteiger partial charge in [-0.15, -0.1) is 0 Å². The van der Waals surface area contributed by atoms with Crippen LogP contribution < -0.4 is 19.5 Å². The number of rotatable bonds is 6. The van der Waals surface area contributed by atoms with Crippen molar-refractivity contribution in [3.05, 3.63) is 48.0 Å². The summed E-state index contributed by atoms with van der Waals surface area (Å²) in [5, 5.41) is 2.83. The number of benzene rings is 2. The number of anilines is 1. The van der Waals surface area contributed by atoms with Gasteiger partial charge in [-0.2, -0.15) is 0 Å². The Labute approximate surface area is 136 Å². The number of hydrogen-bond donors (Lipinski definition) is 1. The van der Waals surface area contributed by atoms with Crippen molar-refractivity contribution in [2.75, 3.05) is 19.5 Å². The van der Waals surface area contributed by atoms with Crippen LogP contribution in [0.15, 0.2) is 42.5 Å². The predicted octanol–water partition coefficient (Wildman–Crippen LogP) is 3.42. The topological polar surface area (TPSA) is 56.8 Å². The van der Waals surface area contributed by atoms with Gasteiger partial charge in [0.15, 0.2) is 17.6 Å². The lowest BCUT2D eigenvalue weighted by Gasteiger charge is -2.17. The van der Waals surface area contributed by atoms with Gasteiger partial charge in [-0.1, -0.05) is 18.2 Å². The molecular weight excluding hydrogens is 294 g/mol. The van der Waals surface area contributed by atoms with Gasteiger partial charge in [-0.25, -0.2) is 0 Å². The van der Waals surface area contributed by atoms with E-state index in [-0.39, 0.29) is 5.91 Å². The van der Waals surface area contributed by atoms with Gasteiger partial charge in [0.1, 0.15) is 5.75 Å². The summed E-state index contributed by atoms with van der Waals surface area (Å²) in [6.07, 6.45) is -0.684. The van der Waals surface area contributed by atoms with Gasteiger partial charge in [0, 0.05) is 0 Å². The Bertz CT molecular complexity index is 684. The normalized spacial score (nSPS) is 11.5. The lowest BCUT2D eigenvalue weighted by Crippen LogP contribution is -2.30. The second-order valence-electron chi connectivity index (χ2n) is 5.10. The first-order valence-electron chi connectivity index (χ1n) is 7.30. The molecule has 0 aliphatic carbocycles. The van der Waals surface area contributed by atoms with Crippen LogP contribution in [0.4, 0.5) is 5.69 Å². The van der Waals surface area contributed by atoms with Gasteiger partial charge in [0.2, 0.25) is 0 Å². The smallest absolute Gasteiger partial charge is 0.265 e. The zero-order valence-corrected chi connectivity index (χ0v) is 13.8. The van der Waals surface area contributed by atoms with E-state index < -0.39 is 6.10 Å². The first-order valence-corrected chi connectivity index (χ1v) is 7.30. The van der Waals surface area contributed by atoms with E-state index in [4.69, 9.17) is 14.2 Å². The Kier molecular flexibility index (Phi) is 5.46. The van der Waals surface area contributed by atoms with Crippen LogP contribution in [-0.4, -0.2) is 26.2 Å². The Morgan fingerprint density at radius 3 is 2.30 bits per heavy atom. The van der Waals surface area contributed by atoms with Gasteiger partial charge < -0.3 is 19.5 Å². The van der Waals surface area contributed by atoms with E-state index in [1.54, 1.807) is 33.3 Å². The maximum Gasteiger partial charge on any atom is 0.265 e. The third kappa shape index (κ3) is 4.16. The average molecular weight is 315 g/mol. The molecule has 2 aromatic carbocycles. The van der Waals surface area contributed by atoms with E-state index in [1.165, 1.54) is 0 Å². The summed E-state index contributed by atoms with van der Waals surface area (Å²) in [7, 11) is 3.12. The predicted molar refractivity (Wildman–Crippen MR) is 89.4 cm³/mol. The molecular formula is C18H21NO4. The van der Waals surface area contributed by atoms with Crippen molar-refractivity contribution in [2.45, 2.75) is 20.0 Å². The van der Waals surface area contributed by atoms with E-state index >= 15 is 0 Å². The number of nitrogens with one attached hydrogen (secondary N) is 1. The van der Waals surface area contributed by atoms with Crippen LogP contribution in [0.3, 0.4) is 0 Å². The first-order chi connectivity index (χ1) is 11.0. The zero-order chi connectivity index (χ0) is 16.8. The summed E-state index contributed by atoms with van der Waals surface area (Å²) >= 11 is 0. The molecule has 0 aliphatic rings. The largest absolute Gasteiger partial charge is 0.495 e. The van der Waals surface area contributed by atoms with Crippen LogP contribution in [0.2, 0.25) is 0 Å². The summed E-state index contributed by atoms with van der Waals surface area (Å²) in [6, 6.07) is 12.8. The molecule has 0 unspecified atom stereocenters. The molecule has 0 fully saturated rings. The molecule has 5 heteroatoms. The van der Waals surface area contributed by atoms with E-state index in [0.29, 0.717) is 22.9 Å². The third-order valence-electron chi connectivity index (χ3n) is 3.35. The molecule has 2 aromatic rings. The quantitative estimate of drug-likeness (QED) is 0.887. The number of ether oxygens (including phenoxy) is 3. The van der Waals surface area contributed by atoms with Crippen molar-refractivity contribution in [1.29, 1.82) is 0 Å². The third-order valence-corrected chi connectivity index (χ3v) is 3.35. The van der Waals surface area contributed by atoms with Gasteiger partial charge in [0.25, 0.3) is 5.91 Å². The summed E-state index contributed by atoms with van der Waals surface area (Å²) in [4.78, 5) is 12.4. The van der Waals surface area contributed by atoms with Crippen LogP contribution >= 0.6 is 0 Å². The molecule has 0 bridgehead atoms. The number of carbonyl (C=O) groups excluding carboxylic acids is 1. The van der Waals surface area contributed by atoms with Gasteiger partial charge in [-0.05, 0) is 43.7 Å². The van der Waals surface area contributed by atoms with Crippen LogP contribution in [0.5, 0.6) is 17.2 Å². The number of aryl methyl sites for hydroxylation is 1. The Balaban J connectivity index is 2.10. The molecule has 5 nitrogen and oxygen atoms in total. The number of amides is 1. The molecule has 0 heterocycles. The molecule has 1 amide bonds. The monoisotopic (exact) mass is 315 g/mol. The van der Waals surface area contributed by atoms with Crippen molar-refractivity contribution in [3.63, 3.8) is 0 Å². The number of para-hydroxylation sites is 2. The molecule has 122 valence electrons. The van der Waals surface area contributed by atoms with Crippen molar-refractivity contribution in [2.24, 2.45) is 0 Å². The minimum Gasteiger partial charge on any atom is -0.495 e. The van der Waals surface area contributed by atoms with E-state index in [1.807, 2.05) is 37.3 Å². The van der Waals surface area contributed by atoms with Crippen molar-refractivity contribution < 1.29 is 19.0 Å². The van der Waals surface area contributed by atoms with E-state index in [0.717, 1.165) is 5.56 Å². The van der Waals surface area contributed by atoms with E-state index in [2.05, 4.69) is 5.32 Å². The standard InChI is InChI=1S/C18H21NO4/c1-12-9-10-15(21-3)14(11-12)19-18(20)13(2)23-17-8-6-5-7-16(17)22-4/h5-11,13H,1-4H3,(H,19,20)/t13-/m1/s1. The van der Waals surface area contributed by atoms with Gasteiger partial charge in [-0.3, -0.25) is 4.79 Å². The SMILES string of the molecule is COc1ccc(C)cc1NC(=O)[C@@H](C)Oc1ccccc1OC. The number of methoxy groups -OCH3 is 2. The average Bonchev–Trinajstić information content (AvgIpc) is 2.55. The lowest BCUT2D eigenvalue weighted by molar-refractivity contribution is -0.122. The molecule has 0 aromatic heterocycles. The summed E-state index contributed by atoms with van der Waals surface area (Å²) < 4.78 is 16.2. The molecule has 0 radical (unpaired) electrons. The maximum atomic E-state index is 12.4. The van der Waals surface area contributed by atoms with Crippen LogP contribution in [0.25, 0.3) is 0 Å². The highest BCUT2D eigenvalue weighted by Crippen LogP contribution is 2.28. The molecule has 23 heavy (non-hydrogen) atoms. The highest BCUT2D eigenvalue weighted by atomic mass is 16.5. The Morgan fingerprint density at radius 2 is 1.65 bits per heavy atom. The molecule has 0 spiro atoms. The minimum atomic E-state index is -0.684. The lowest BCUT2D eigenvalue weighted by atomic mass is 10.2. The minimum absolute atomic E-state index is 0.264. The zero-order valence-electron chi connectivity index (χ0n) is 13.8. The number of hydrogen-bond acceptors (Lipinski definition) is 4. The molecule has 0 saturated heterocycles. The first kappa shape index (κ1) is 16.7. The van der Waals surface area contributed by atoms with Crippen molar-refractivity contribution in [1.82, 2.24) is 0 Å². The molecule has 0 saturated carbocycles. The Hall–Kier alpha value is -2.69. The second kappa shape index (κ2) is 7.54. The van der Waals surface area contributed by atoms with E-state index in [9.17, 15) is 4.79 Å². The molecule has 1 N–H and O–H groups in total. The fourth-order valence-electron chi connectivity index (χ4n) is 2.11. The fourth-order valence-corrected chi connectivity index (χ4v) is 2.11. The van der Waals surface area contributed by atoms with Gasteiger partial charge in [0.05, 0.1) is 19.9 Å². The molecule has 0 aliphatic heterocycles. The molecule has 2 rings (SSSR count). The highest BCUT2D eigenvalue weighted by Gasteiger charge is 2.18. The van der Waals surface area contributed by atoms with Crippen LogP contribution in [0.1, 0.15) is 12.5 Å². The van der Waals surface area contributed by atoms with Crippen LogP contribution in [-0.2, 0) is 4.79 Å². The van der Waals surface area contributed by atoms with Crippen LogP contribution in [0, 0.1) is 6.92 Å².